The Bertz CT molecular complexity index is 4090. The van der Waals surface area contributed by atoms with Gasteiger partial charge in [-0.25, -0.2) is 4.79 Å². The Morgan fingerprint density at radius 1 is 0.451 bits per heavy atom. The molecule has 748 valence electrons. The van der Waals surface area contributed by atoms with Gasteiger partial charge in [0.1, 0.15) is 90.3 Å². The summed E-state index contributed by atoms with van der Waals surface area (Å²) in [5.74, 6) is -22.3. The van der Waals surface area contributed by atoms with Gasteiger partial charge in [-0.3, -0.25) is 97.7 Å². The van der Waals surface area contributed by atoms with Crippen LogP contribution in [0.4, 0.5) is 0 Å². The highest BCUT2D eigenvalue weighted by atomic mass is 16.4. The van der Waals surface area contributed by atoms with Crippen molar-refractivity contribution in [1.29, 1.82) is 16.2 Å². The van der Waals surface area contributed by atoms with Crippen LogP contribution in [-0.4, -0.2) is 315 Å². The molecule has 0 saturated carbocycles. The van der Waals surface area contributed by atoms with Crippen LogP contribution in [0.3, 0.4) is 0 Å². The largest absolute Gasteiger partial charge is 0.508 e. The zero-order valence-corrected chi connectivity index (χ0v) is 76.1. The number of carbonyl (C=O) groups is 18. The fourth-order valence-electron chi connectivity index (χ4n) is 13.6. The van der Waals surface area contributed by atoms with Crippen LogP contribution < -0.4 is 131 Å². The van der Waals surface area contributed by atoms with Gasteiger partial charge in [0.25, 0.3) is 0 Å². The molecule has 0 aliphatic carbocycles. The number of benzene rings is 1. The van der Waals surface area contributed by atoms with Gasteiger partial charge in [-0.2, -0.15) is 0 Å². The first-order chi connectivity index (χ1) is 62.6. The number of amides is 16. The molecule has 0 spiro atoms. The quantitative estimate of drug-likeness (QED) is 0.0164. The first kappa shape index (κ1) is 116. The Kier molecular flexibility index (Phi) is 53.2. The second-order valence-electron chi connectivity index (χ2n) is 32.8. The third kappa shape index (κ3) is 44.2. The summed E-state index contributed by atoms with van der Waals surface area (Å²) in [7, 11) is 0. The number of guanidine groups is 3. The van der Waals surface area contributed by atoms with E-state index in [1.54, 1.807) is 13.8 Å². The van der Waals surface area contributed by atoms with Crippen molar-refractivity contribution in [1.82, 2.24) is 95.3 Å². The molecule has 133 heavy (non-hydrogen) atoms. The van der Waals surface area contributed by atoms with Crippen molar-refractivity contribution in [2.75, 3.05) is 52.4 Å². The summed E-state index contributed by atoms with van der Waals surface area (Å²) in [4.78, 5) is 251. The van der Waals surface area contributed by atoms with E-state index in [1.165, 1.54) is 31.2 Å². The van der Waals surface area contributed by atoms with E-state index in [2.05, 4.69) is 90.4 Å². The lowest BCUT2D eigenvalue weighted by atomic mass is 9.96. The number of aliphatic hydroxyl groups is 3. The van der Waals surface area contributed by atoms with Gasteiger partial charge in [0.05, 0.1) is 37.8 Å². The van der Waals surface area contributed by atoms with Gasteiger partial charge < -0.3 is 166 Å². The van der Waals surface area contributed by atoms with Crippen LogP contribution in [0.5, 0.6) is 5.75 Å². The number of phenols is 1. The zero-order valence-electron chi connectivity index (χ0n) is 76.1. The van der Waals surface area contributed by atoms with E-state index >= 15 is 0 Å². The van der Waals surface area contributed by atoms with Gasteiger partial charge in [-0.1, -0.05) is 46.2 Å². The lowest BCUT2D eigenvalue weighted by molar-refractivity contribution is -0.145. The van der Waals surface area contributed by atoms with Crippen molar-refractivity contribution in [3.8, 4) is 5.75 Å². The molecule has 0 bridgehead atoms. The molecule has 40 N–H and O–H groups in total. The number of aromatic hydroxyl groups is 1. The van der Waals surface area contributed by atoms with Crippen LogP contribution in [0.25, 0.3) is 0 Å². The number of nitrogens with one attached hydrogen (secondary N) is 20. The fraction of sp³-hybridized carbons (Fsp3) is 0.667. The number of aliphatic carboxylic acids is 2. The summed E-state index contributed by atoms with van der Waals surface area (Å²) < 4.78 is 0. The molecule has 1 aliphatic heterocycles. The molecule has 0 aromatic heterocycles. The number of unbranched alkanes of at least 4 members (excludes halogenated alkanes) is 2. The molecule has 52 nitrogen and oxygen atoms in total. The van der Waals surface area contributed by atoms with Gasteiger partial charge in [-0.15, -0.1) is 0 Å². The van der Waals surface area contributed by atoms with E-state index in [0.717, 1.165) is 18.7 Å². The molecule has 18 atom stereocenters. The number of nitrogens with two attached hydrogens (primary N) is 7. The summed E-state index contributed by atoms with van der Waals surface area (Å²) in [5.41, 5.74) is 39.6. The molecule has 1 aromatic carbocycles. The molecule has 1 aromatic rings. The Labute approximate surface area is 769 Å². The molecule has 52 heteroatoms. The number of hydrogen-bond acceptors (Lipinski definition) is 28. The molecular weight excluding hydrogens is 1750 g/mol. The highest BCUT2D eigenvalue weighted by Gasteiger charge is 2.44. The SMILES string of the molecule is CC[C@H](C)[C@H](NC(=O)[C@H](CC(C)C)NC(=O)[C@H](C)N)C(=O)N[C@@H](CCCCN)C(=O)N[C@@H](CCCNC(=N)N)C(=O)N[C@@H](CC(N)=O)C(=O)N[C@@H](CCCNC(=N)N)C(=O)N[C@@H](Cc1ccc(O)cc1)C(=O)N[C@H](C(=O)N1CCC[C@H]1C(=O)N[C@@H](CCC(=O)O)C(=O)N[C@H](C(=O)NCC(=O)N[C@@H](CCCNC(=N)N)C(=O)N[C@@H](CCCCN)C(=O)N[C@@H](CO)C(=O)O)[C@@H](C)O)[C@@H](C)O. The molecule has 0 unspecified atom stereocenters. The lowest BCUT2D eigenvalue weighted by Crippen LogP contribution is -2.62. The number of carbonyl (C=O) groups excluding carboxylic acids is 16. The van der Waals surface area contributed by atoms with E-state index in [4.69, 9.17) is 56.4 Å². The van der Waals surface area contributed by atoms with Crippen molar-refractivity contribution in [3.05, 3.63) is 29.8 Å². The predicted molar refractivity (Wildman–Crippen MR) is 479 cm³/mol. The van der Waals surface area contributed by atoms with Crippen molar-refractivity contribution >= 4 is 124 Å². The number of carboxylic acid groups (broad SMARTS) is 2. The molecule has 1 aliphatic rings. The third-order valence-electron chi connectivity index (χ3n) is 21.1. The Hall–Kier alpha value is -12.9. The maximum Gasteiger partial charge on any atom is 0.328 e. The normalized spacial score (nSPS) is 16.1. The maximum absolute atomic E-state index is 15.0. The summed E-state index contributed by atoms with van der Waals surface area (Å²) >= 11 is 0. The summed E-state index contributed by atoms with van der Waals surface area (Å²) in [5, 5.41) is 126. The topological polar surface area (TPSA) is 890 Å². The number of phenolic OH excluding ortho intramolecular Hbond substituents is 1. The number of hydrogen-bond donors (Lipinski definition) is 33. The Morgan fingerprint density at radius 2 is 0.842 bits per heavy atom. The average molecular weight is 1890 g/mol. The van der Waals surface area contributed by atoms with Crippen LogP contribution in [-0.2, 0) is 92.7 Å². The van der Waals surface area contributed by atoms with Crippen LogP contribution in [0.15, 0.2) is 24.3 Å². The van der Waals surface area contributed by atoms with E-state index in [0.29, 0.717) is 19.3 Å². The number of aliphatic hydroxyl groups excluding tert-OH is 3. The minimum Gasteiger partial charge on any atom is -0.508 e. The van der Waals surface area contributed by atoms with Gasteiger partial charge in [0.2, 0.25) is 94.5 Å². The van der Waals surface area contributed by atoms with Crippen LogP contribution >= 0.6 is 0 Å². The first-order valence-corrected chi connectivity index (χ1v) is 44.0. The zero-order chi connectivity index (χ0) is 100. The van der Waals surface area contributed by atoms with Crippen molar-refractivity contribution in [3.63, 3.8) is 0 Å². The molecular formula is C81H140N28O24. The molecule has 1 saturated heterocycles. The van der Waals surface area contributed by atoms with Crippen LogP contribution in [0.2, 0.25) is 0 Å². The fourth-order valence-corrected chi connectivity index (χ4v) is 13.6. The monoisotopic (exact) mass is 1890 g/mol. The average Bonchev–Trinajstić information content (AvgIpc) is 1.72. The standard InChI is InChI=1S/C81H140N28O24/c1-8-41(4)61(106-72(126)53(35-40(2)3)102-64(118)42(5)84)76(130)101-49(18-10-12-30-83)66(120)98-50(20-14-32-93-80(88)89)68(122)104-55(37-58(85)114)71(125)99-51(21-15-33-94-81(90)91)67(121)103-54(36-45-23-25-46(113)26-24-45)73(127)108-63(44(7)112)77(131)109-34-16-22-57(109)74(128)100-52(27-28-60(116)117)70(124)107-62(43(6)111)75(129)95-38-59(115)96-47(19-13-31-92-79(86)87)65(119)97-48(17-9-11-29-82)69(123)105-56(39-110)78(132)133/h23-26,40-44,47-57,61-63,110-113H,8-22,27-39,82-84H2,1-7H3,(H2,85,114)(H,95,129)(H,96,115)(H,97,119)(H,98,120)(H,99,125)(H,100,128)(H,101,130)(H,102,118)(H,103,121)(H,104,122)(H,105,123)(H,106,126)(H,107,124)(H,108,127)(H,116,117)(H,132,133)(H4,86,87,92)(H4,88,89,93)(H4,90,91,94)/t41-,42-,43+,44+,47-,48-,49-,50-,51-,52-,53-,54-,55-,56-,57-,61-,62-,63-/m0/s1. The lowest BCUT2D eigenvalue weighted by Gasteiger charge is -2.32. The Morgan fingerprint density at radius 3 is 1.26 bits per heavy atom. The number of rotatable bonds is 64. The number of nitrogens with zero attached hydrogens (tertiary/aromatic N) is 1. The van der Waals surface area contributed by atoms with E-state index in [-0.39, 0.29) is 140 Å². The minimum absolute atomic E-state index is 0.00292. The van der Waals surface area contributed by atoms with Gasteiger partial charge in [0, 0.05) is 39.0 Å². The number of carboxylic acids is 2. The third-order valence-corrected chi connectivity index (χ3v) is 21.1. The van der Waals surface area contributed by atoms with Crippen molar-refractivity contribution < 1.29 is 117 Å². The molecule has 1 heterocycles. The van der Waals surface area contributed by atoms with E-state index in [9.17, 15) is 117 Å². The molecule has 0 radical (unpaired) electrons. The van der Waals surface area contributed by atoms with Crippen LogP contribution in [0.1, 0.15) is 176 Å². The molecule has 16 amide bonds. The summed E-state index contributed by atoms with van der Waals surface area (Å²) in [6, 6.07) is -19.0. The van der Waals surface area contributed by atoms with Crippen molar-refractivity contribution in [2.24, 2.45) is 52.0 Å². The van der Waals surface area contributed by atoms with E-state index in [1.807, 2.05) is 13.8 Å². The van der Waals surface area contributed by atoms with Gasteiger partial charge >= 0.3 is 11.9 Å². The minimum atomic E-state index is -1.99. The Balaban J connectivity index is 2.63. The van der Waals surface area contributed by atoms with Gasteiger partial charge in [-0.05, 0) is 166 Å². The summed E-state index contributed by atoms with van der Waals surface area (Å²) in [6.07, 6.45) is -6.14. The van der Waals surface area contributed by atoms with Crippen LogP contribution in [0, 0.1) is 28.1 Å². The molecule has 1 fully saturated rings. The second kappa shape index (κ2) is 60.9. The first-order valence-electron chi connectivity index (χ1n) is 44.0. The predicted octanol–water partition coefficient (Wildman–Crippen LogP) is -10.6. The second-order valence-corrected chi connectivity index (χ2v) is 32.8. The molecule has 2 rings (SSSR count). The van der Waals surface area contributed by atoms with E-state index < -0.39 is 272 Å². The summed E-state index contributed by atoms with van der Waals surface area (Å²) in [6.45, 7) is 8.51. The number of likely N-dealkylation sites (tertiary alicyclic amines) is 1. The smallest absolute Gasteiger partial charge is 0.328 e. The highest BCUT2D eigenvalue weighted by molar-refractivity contribution is 6.02. The van der Waals surface area contributed by atoms with Gasteiger partial charge in [0.15, 0.2) is 17.9 Å². The van der Waals surface area contributed by atoms with Crippen molar-refractivity contribution in [2.45, 2.75) is 280 Å². The number of primary amides is 1. The highest BCUT2D eigenvalue weighted by Crippen LogP contribution is 2.22. The maximum atomic E-state index is 15.0.